The van der Waals surface area contributed by atoms with Gasteiger partial charge in [-0.2, -0.15) is 5.10 Å². The lowest BCUT2D eigenvalue weighted by Gasteiger charge is -2.14. The molecule has 0 radical (unpaired) electrons. The Morgan fingerprint density at radius 3 is 2.71 bits per heavy atom. The molecule has 1 heterocycles. The molecule has 0 aromatic carbocycles. The van der Waals surface area contributed by atoms with Crippen LogP contribution in [0.2, 0.25) is 0 Å². The maximum absolute atomic E-state index is 11.7. The van der Waals surface area contributed by atoms with E-state index < -0.39 is 18.0 Å². The zero-order valence-corrected chi connectivity index (χ0v) is 12.5. The number of hydrogen-bond acceptors (Lipinski definition) is 4. The maximum atomic E-state index is 11.7. The molecule has 1 rings (SSSR count). The second kappa shape index (κ2) is 8.25. The van der Waals surface area contributed by atoms with Crippen molar-refractivity contribution >= 4 is 12.0 Å². The fourth-order valence-electron chi connectivity index (χ4n) is 1.61. The average Bonchev–Trinajstić information content (AvgIpc) is 2.81. The van der Waals surface area contributed by atoms with Gasteiger partial charge in [0.05, 0.1) is 12.8 Å². The summed E-state index contributed by atoms with van der Waals surface area (Å²) in [4.78, 5) is 22.9. The van der Waals surface area contributed by atoms with Crippen molar-refractivity contribution in [2.45, 2.75) is 19.9 Å². The number of ether oxygens (including phenoxy) is 1. The summed E-state index contributed by atoms with van der Waals surface area (Å²) in [5.74, 6) is -0.713. The molecule has 1 atom stereocenters. The zero-order valence-electron chi connectivity index (χ0n) is 12.5. The number of aromatic nitrogens is 2. The lowest BCUT2D eigenvalue weighted by atomic mass is 10.1. The van der Waals surface area contributed by atoms with Crippen LogP contribution < -0.4 is 10.6 Å². The number of nitrogens with one attached hydrogen (secondary N) is 2. The van der Waals surface area contributed by atoms with Crippen molar-refractivity contribution in [3.8, 4) is 0 Å². The first-order valence-electron chi connectivity index (χ1n) is 6.73. The fraction of sp³-hybridized carbons (Fsp3) is 0.615. The molecule has 0 fully saturated rings. The highest BCUT2D eigenvalue weighted by atomic mass is 16.5. The summed E-state index contributed by atoms with van der Waals surface area (Å²) >= 11 is 0. The van der Waals surface area contributed by atoms with Crippen LogP contribution in [0, 0.1) is 5.92 Å². The minimum atomic E-state index is -1.14. The molecule has 1 unspecified atom stereocenters. The van der Waals surface area contributed by atoms with E-state index in [9.17, 15) is 9.59 Å². The van der Waals surface area contributed by atoms with Gasteiger partial charge in [0.25, 0.3) is 0 Å². The van der Waals surface area contributed by atoms with Crippen molar-refractivity contribution in [2.75, 3.05) is 19.8 Å². The molecule has 8 heteroatoms. The first kappa shape index (κ1) is 17.0. The Hall–Kier alpha value is -2.09. The summed E-state index contributed by atoms with van der Waals surface area (Å²) in [6, 6.07) is -1.69. The van der Waals surface area contributed by atoms with E-state index in [4.69, 9.17) is 9.84 Å². The number of amides is 2. The van der Waals surface area contributed by atoms with E-state index in [1.165, 1.54) is 10.9 Å². The average molecular weight is 298 g/mol. The zero-order chi connectivity index (χ0) is 15.8. The number of aryl methyl sites for hydroxylation is 1. The third kappa shape index (κ3) is 6.26. The van der Waals surface area contributed by atoms with E-state index >= 15 is 0 Å². The number of aliphatic carboxylic acids is 1. The van der Waals surface area contributed by atoms with E-state index in [-0.39, 0.29) is 0 Å². The quantitative estimate of drug-likeness (QED) is 0.607. The number of rotatable bonds is 8. The van der Waals surface area contributed by atoms with Gasteiger partial charge in [0.2, 0.25) is 0 Å². The van der Waals surface area contributed by atoms with Crippen molar-refractivity contribution < 1.29 is 19.4 Å². The summed E-state index contributed by atoms with van der Waals surface area (Å²) in [6.45, 7) is 5.39. The molecule has 21 heavy (non-hydrogen) atoms. The summed E-state index contributed by atoms with van der Waals surface area (Å²) in [6.07, 6.45) is 2.95. The van der Waals surface area contributed by atoms with Crippen molar-refractivity contribution in [3.05, 3.63) is 18.0 Å². The van der Waals surface area contributed by atoms with E-state index in [0.29, 0.717) is 31.2 Å². The maximum Gasteiger partial charge on any atom is 0.331 e. The summed E-state index contributed by atoms with van der Waals surface area (Å²) in [7, 11) is 1.68. The van der Waals surface area contributed by atoms with Gasteiger partial charge in [-0.25, -0.2) is 9.59 Å². The smallest absolute Gasteiger partial charge is 0.331 e. The predicted molar refractivity (Wildman–Crippen MR) is 75.8 cm³/mol. The Balaban J connectivity index is 2.38. The van der Waals surface area contributed by atoms with Crippen molar-refractivity contribution in [2.24, 2.45) is 13.0 Å². The number of carboxylic acids is 1. The van der Waals surface area contributed by atoms with Gasteiger partial charge in [-0.05, 0) is 5.92 Å². The van der Waals surface area contributed by atoms with Gasteiger partial charge in [-0.15, -0.1) is 0 Å². The number of carboxylic acid groups (broad SMARTS) is 1. The summed E-state index contributed by atoms with van der Waals surface area (Å²) in [5.41, 5.74) is 0.413. The van der Waals surface area contributed by atoms with Gasteiger partial charge >= 0.3 is 12.0 Å². The van der Waals surface area contributed by atoms with Crippen LogP contribution in [-0.4, -0.2) is 46.6 Å². The van der Waals surface area contributed by atoms with E-state index in [1.54, 1.807) is 13.2 Å². The van der Waals surface area contributed by atoms with Crippen LogP contribution in [0.4, 0.5) is 4.79 Å². The van der Waals surface area contributed by atoms with Gasteiger partial charge in [-0.3, -0.25) is 4.68 Å². The largest absolute Gasteiger partial charge is 0.479 e. The number of nitrogens with zero attached hydrogens (tertiary/aromatic N) is 2. The highest BCUT2D eigenvalue weighted by molar-refractivity contribution is 5.83. The Morgan fingerprint density at radius 2 is 2.19 bits per heavy atom. The van der Waals surface area contributed by atoms with Gasteiger partial charge < -0.3 is 20.5 Å². The SMILES string of the molecule is CC(C)COCCNC(=O)NC(C(=O)O)c1cnn(C)c1. The fourth-order valence-corrected chi connectivity index (χ4v) is 1.61. The van der Waals surface area contributed by atoms with Crippen LogP contribution in [0.3, 0.4) is 0 Å². The molecule has 1 aromatic heterocycles. The molecule has 1 aromatic rings. The van der Waals surface area contributed by atoms with E-state index in [1.807, 2.05) is 13.8 Å². The van der Waals surface area contributed by atoms with Crippen molar-refractivity contribution in [3.63, 3.8) is 0 Å². The lowest BCUT2D eigenvalue weighted by Crippen LogP contribution is -2.42. The first-order valence-corrected chi connectivity index (χ1v) is 6.73. The van der Waals surface area contributed by atoms with Crippen LogP contribution in [0.25, 0.3) is 0 Å². The third-order valence-corrected chi connectivity index (χ3v) is 2.56. The van der Waals surface area contributed by atoms with Crippen LogP contribution >= 0.6 is 0 Å². The predicted octanol–water partition coefficient (Wildman–Crippen LogP) is 0.518. The van der Waals surface area contributed by atoms with Crippen LogP contribution in [0.15, 0.2) is 12.4 Å². The number of hydrogen-bond donors (Lipinski definition) is 3. The second-order valence-corrected chi connectivity index (χ2v) is 5.09. The summed E-state index contributed by atoms with van der Waals surface area (Å²) < 4.78 is 6.79. The minimum absolute atomic E-state index is 0.317. The molecular weight excluding hydrogens is 276 g/mol. The molecule has 0 saturated carbocycles. The standard InChI is InChI=1S/C13H22N4O4/c1-9(2)8-21-5-4-14-13(20)16-11(12(18)19)10-6-15-17(3)7-10/h6-7,9,11H,4-5,8H2,1-3H3,(H,18,19)(H2,14,16,20). The molecule has 0 aliphatic heterocycles. The molecule has 0 aliphatic carbocycles. The molecule has 3 N–H and O–H groups in total. The Labute approximate surface area is 123 Å². The molecule has 118 valence electrons. The van der Waals surface area contributed by atoms with Crippen LogP contribution in [0.1, 0.15) is 25.5 Å². The number of carbonyl (C=O) groups is 2. The molecule has 2 amide bonds. The van der Waals surface area contributed by atoms with Crippen LogP contribution in [-0.2, 0) is 16.6 Å². The normalized spacial score (nSPS) is 12.2. The van der Waals surface area contributed by atoms with Gasteiger partial charge in [0.15, 0.2) is 6.04 Å². The van der Waals surface area contributed by atoms with Crippen molar-refractivity contribution in [1.29, 1.82) is 0 Å². The Morgan fingerprint density at radius 1 is 1.48 bits per heavy atom. The molecular formula is C13H22N4O4. The molecule has 0 bridgehead atoms. The highest BCUT2D eigenvalue weighted by Gasteiger charge is 2.23. The van der Waals surface area contributed by atoms with E-state index in [2.05, 4.69) is 15.7 Å². The van der Waals surface area contributed by atoms with Gasteiger partial charge in [0, 0.05) is 32.0 Å². The highest BCUT2D eigenvalue weighted by Crippen LogP contribution is 2.11. The molecule has 0 saturated heterocycles. The van der Waals surface area contributed by atoms with E-state index in [0.717, 1.165) is 0 Å². The molecule has 0 aliphatic rings. The molecule has 8 nitrogen and oxygen atoms in total. The topological polar surface area (TPSA) is 105 Å². The summed E-state index contributed by atoms with van der Waals surface area (Å²) in [5, 5.41) is 18.0. The number of urea groups is 1. The number of carbonyl (C=O) groups excluding carboxylic acids is 1. The lowest BCUT2D eigenvalue weighted by molar-refractivity contribution is -0.139. The minimum Gasteiger partial charge on any atom is -0.479 e. The monoisotopic (exact) mass is 298 g/mol. The Kier molecular flexibility index (Phi) is 6.67. The second-order valence-electron chi connectivity index (χ2n) is 5.09. The first-order chi connectivity index (χ1) is 9.90. The molecule has 0 spiro atoms. The van der Waals surface area contributed by atoms with Gasteiger partial charge in [0.1, 0.15) is 0 Å². The van der Waals surface area contributed by atoms with Crippen molar-refractivity contribution in [1.82, 2.24) is 20.4 Å². The Bertz CT molecular complexity index is 472. The van der Waals surface area contributed by atoms with Gasteiger partial charge in [-0.1, -0.05) is 13.8 Å². The third-order valence-electron chi connectivity index (χ3n) is 2.56. The van der Waals surface area contributed by atoms with Crippen LogP contribution in [0.5, 0.6) is 0 Å².